The molecule has 0 bridgehead atoms. The molecule has 0 radical (unpaired) electrons. The molecule has 1 heterocycles. The zero-order valence-electron chi connectivity index (χ0n) is 5.29. The molecule has 1 aliphatic heterocycles. The maximum Gasteiger partial charge on any atom is 0.328 e. The van der Waals surface area contributed by atoms with Crippen LogP contribution in [0, 0.1) is 0 Å². The Morgan fingerprint density at radius 3 is 3.10 bits per heavy atom. The van der Waals surface area contributed by atoms with E-state index in [4.69, 9.17) is 5.11 Å². The van der Waals surface area contributed by atoms with Crippen molar-refractivity contribution in [2.45, 2.75) is 0 Å². The molecule has 0 aromatic carbocycles. The lowest BCUT2D eigenvalue weighted by Gasteiger charge is -1.91. The molecule has 0 aromatic heterocycles. The highest BCUT2D eigenvalue weighted by Gasteiger charge is 1.96. The van der Waals surface area contributed by atoms with E-state index in [1.165, 1.54) is 6.08 Å². The van der Waals surface area contributed by atoms with E-state index in [0.29, 0.717) is 6.67 Å². The summed E-state index contributed by atoms with van der Waals surface area (Å²) < 4.78 is 0. The molecule has 0 aliphatic carbocycles. The Labute approximate surface area is 58.2 Å². The number of rotatable bonds is 2. The normalized spacial score (nSPS) is 16.2. The van der Waals surface area contributed by atoms with Gasteiger partial charge in [-0.25, -0.2) is 4.79 Å². The molecular formula is C6H8N2O2. The summed E-state index contributed by atoms with van der Waals surface area (Å²) in [4.78, 5) is 9.99. The third kappa shape index (κ3) is 1.81. The summed E-state index contributed by atoms with van der Waals surface area (Å²) in [7, 11) is 0. The maximum atomic E-state index is 9.99. The van der Waals surface area contributed by atoms with E-state index in [9.17, 15) is 4.79 Å². The molecule has 10 heavy (non-hydrogen) atoms. The van der Waals surface area contributed by atoms with E-state index in [1.807, 2.05) is 0 Å². The first-order chi connectivity index (χ1) is 4.79. The lowest BCUT2D eigenvalue weighted by atomic mass is 10.4. The van der Waals surface area contributed by atoms with Crippen LogP contribution in [0.3, 0.4) is 0 Å². The summed E-state index contributed by atoms with van der Waals surface area (Å²) in [6.45, 7) is 0.666. The number of nitrogens with one attached hydrogen (secondary N) is 2. The van der Waals surface area contributed by atoms with Crippen LogP contribution in [0.25, 0.3) is 0 Å². The fraction of sp³-hybridized carbons (Fsp3) is 0.167. The average Bonchev–Trinajstić information content (AvgIpc) is 2.34. The average molecular weight is 140 g/mol. The minimum Gasteiger partial charge on any atom is -0.478 e. The lowest BCUT2D eigenvalue weighted by Crippen LogP contribution is -2.13. The summed E-state index contributed by atoms with van der Waals surface area (Å²) in [6, 6.07) is 0. The van der Waals surface area contributed by atoms with Gasteiger partial charge in [-0.05, 0) is 6.08 Å². The number of carboxylic acids is 1. The molecule has 1 aliphatic rings. The van der Waals surface area contributed by atoms with Crippen molar-refractivity contribution in [1.29, 1.82) is 0 Å². The van der Waals surface area contributed by atoms with E-state index < -0.39 is 5.97 Å². The molecule has 0 aromatic rings. The van der Waals surface area contributed by atoms with Gasteiger partial charge in [-0.2, -0.15) is 0 Å². The number of allylic oxidation sites excluding steroid dienone is 1. The minimum atomic E-state index is -0.936. The zero-order valence-corrected chi connectivity index (χ0v) is 5.29. The third-order valence-corrected chi connectivity index (χ3v) is 1.06. The van der Waals surface area contributed by atoms with Crippen molar-refractivity contribution in [2.24, 2.45) is 0 Å². The van der Waals surface area contributed by atoms with Crippen molar-refractivity contribution in [3.8, 4) is 0 Å². The van der Waals surface area contributed by atoms with Crippen molar-refractivity contribution in [3.05, 3.63) is 24.0 Å². The second kappa shape index (κ2) is 2.91. The molecule has 0 saturated carbocycles. The molecule has 3 N–H and O–H groups in total. The lowest BCUT2D eigenvalue weighted by molar-refractivity contribution is -0.131. The van der Waals surface area contributed by atoms with E-state index in [0.717, 1.165) is 11.8 Å². The van der Waals surface area contributed by atoms with Gasteiger partial charge in [0.2, 0.25) is 0 Å². The van der Waals surface area contributed by atoms with Crippen LogP contribution in [-0.4, -0.2) is 17.7 Å². The van der Waals surface area contributed by atoms with Gasteiger partial charge in [0.15, 0.2) is 0 Å². The van der Waals surface area contributed by atoms with Crippen LogP contribution >= 0.6 is 0 Å². The maximum absolute atomic E-state index is 9.99. The summed E-state index contributed by atoms with van der Waals surface area (Å²) in [5.41, 5.74) is 0.794. The van der Waals surface area contributed by atoms with Gasteiger partial charge in [0.25, 0.3) is 0 Å². The molecule has 0 fully saturated rings. The number of aliphatic carboxylic acids is 1. The number of hydrogen-bond acceptors (Lipinski definition) is 3. The standard InChI is InChI=1S/C6H8N2O2/c9-6(10)2-1-5-3-7-4-8-5/h1-3,7-8H,4H2,(H,9,10)/b2-1+. The molecule has 1 rings (SSSR count). The Hall–Kier alpha value is -1.45. The molecule has 4 nitrogen and oxygen atoms in total. The Bertz CT molecular complexity index is 196. The predicted molar refractivity (Wildman–Crippen MR) is 36.0 cm³/mol. The van der Waals surface area contributed by atoms with Gasteiger partial charge in [-0.1, -0.05) is 0 Å². The van der Waals surface area contributed by atoms with E-state index in [-0.39, 0.29) is 0 Å². The fourth-order valence-corrected chi connectivity index (χ4v) is 0.633. The Balaban J connectivity index is 2.44. The summed E-state index contributed by atoms with van der Waals surface area (Å²) in [5.74, 6) is -0.936. The minimum absolute atomic E-state index is 0.666. The molecule has 54 valence electrons. The van der Waals surface area contributed by atoms with Crippen LogP contribution in [0.15, 0.2) is 24.0 Å². The van der Waals surface area contributed by atoms with E-state index in [2.05, 4.69) is 10.6 Å². The number of carbonyl (C=O) groups is 1. The third-order valence-electron chi connectivity index (χ3n) is 1.06. The number of hydrogen-bond donors (Lipinski definition) is 3. The number of carboxylic acid groups (broad SMARTS) is 1. The largest absolute Gasteiger partial charge is 0.478 e. The van der Waals surface area contributed by atoms with Crippen molar-refractivity contribution in [2.75, 3.05) is 6.67 Å². The highest BCUT2D eigenvalue weighted by atomic mass is 16.4. The van der Waals surface area contributed by atoms with Crippen molar-refractivity contribution >= 4 is 5.97 Å². The fourth-order valence-electron chi connectivity index (χ4n) is 0.633. The van der Waals surface area contributed by atoms with Crippen molar-refractivity contribution in [3.63, 3.8) is 0 Å². The molecule has 0 amide bonds. The van der Waals surface area contributed by atoms with Crippen molar-refractivity contribution < 1.29 is 9.90 Å². The van der Waals surface area contributed by atoms with Gasteiger partial charge in [-0.3, -0.25) is 0 Å². The summed E-state index contributed by atoms with van der Waals surface area (Å²) in [6.07, 6.45) is 4.31. The van der Waals surface area contributed by atoms with Gasteiger partial charge in [0.05, 0.1) is 12.4 Å². The molecule has 0 spiro atoms. The summed E-state index contributed by atoms with van der Waals surface area (Å²) in [5, 5.41) is 14.0. The predicted octanol–water partition coefficient (Wildman–Crippen LogP) is -0.381. The van der Waals surface area contributed by atoms with E-state index >= 15 is 0 Å². The monoisotopic (exact) mass is 140 g/mol. The molecule has 0 saturated heterocycles. The van der Waals surface area contributed by atoms with E-state index in [1.54, 1.807) is 6.20 Å². The molecular weight excluding hydrogens is 132 g/mol. The topological polar surface area (TPSA) is 61.4 Å². The molecule has 4 heteroatoms. The van der Waals surface area contributed by atoms with Gasteiger partial charge in [0.1, 0.15) is 0 Å². The second-order valence-corrected chi connectivity index (χ2v) is 1.83. The second-order valence-electron chi connectivity index (χ2n) is 1.83. The van der Waals surface area contributed by atoms with Crippen LogP contribution in [-0.2, 0) is 4.79 Å². The Kier molecular flexibility index (Phi) is 1.94. The Morgan fingerprint density at radius 2 is 2.60 bits per heavy atom. The van der Waals surface area contributed by atoms with Crippen LogP contribution in [0.1, 0.15) is 0 Å². The molecule has 0 atom stereocenters. The van der Waals surface area contributed by atoms with Gasteiger partial charge >= 0.3 is 5.97 Å². The van der Waals surface area contributed by atoms with Crippen LogP contribution < -0.4 is 10.6 Å². The summed E-state index contributed by atoms with van der Waals surface area (Å²) >= 11 is 0. The van der Waals surface area contributed by atoms with Crippen LogP contribution in [0.5, 0.6) is 0 Å². The highest BCUT2D eigenvalue weighted by molar-refractivity contribution is 5.80. The SMILES string of the molecule is O=C(O)/C=C/C1=CNCN1. The Morgan fingerprint density at radius 1 is 1.80 bits per heavy atom. The quantitative estimate of drug-likeness (QED) is 0.457. The smallest absolute Gasteiger partial charge is 0.328 e. The van der Waals surface area contributed by atoms with Gasteiger partial charge in [-0.15, -0.1) is 0 Å². The van der Waals surface area contributed by atoms with Gasteiger partial charge in [0, 0.05) is 12.3 Å². The first-order valence-electron chi connectivity index (χ1n) is 2.87. The highest BCUT2D eigenvalue weighted by Crippen LogP contribution is 1.93. The molecule has 0 unspecified atom stereocenters. The zero-order chi connectivity index (χ0) is 7.40. The van der Waals surface area contributed by atoms with Crippen LogP contribution in [0.2, 0.25) is 0 Å². The van der Waals surface area contributed by atoms with Crippen molar-refractivity contribution in [1.82, 2.24) is 10.6 Å². The first-order valence-corrected chi connectivity index (χ1v) is 2.87. The van der Waals surface area contributed by atoms with Crippen LogP contribution in [0.4, 0.5) is 0 Å². The van der Waals surface area contributed by atoms with Gasteiger partial charge < -0.3 is 15.7 Å². The first kappa shape index (κ1) is 6.67.